The summed E-state index contributed by atoms with van der Waals surface area (Å²) in [5, 5.41) is 2.71. The van der Waals surface area contributed by atoms with E-state index < -0.39 is 0 Å². The number of hydrogen-bond donors (Lipinski definition) is 3. The zero-order chi connectivity index (χ0) is 12.7. The number of nitrogens with one attached hydrogen (secondary N) is 2. The smallest absolute Gasteiger partial charge is 0.267 e. The van der Waals surface area contributed by atoms with Crippen LogP contribution in [0.15, 0.2) is 23.0 Å². The molecule has 17 heavy (non-hydrogen) atoms. The first kappa shape index (κ1) is 13.4. The maximum atomic E-state index is 11.6. The summed E-state index contributed by atoms with van der Waals surface area (Å²) in [6.07, 6.45) is 2.34. The van der Waals surface area contributed by atoms with Crippen molar-refractivity contribution in [2.75, 3.05) is 6.54 Å². The summed E-state index contributed by atoms with van der Waals surface area (Å²) >= 11 is 4.74. The van der Waals surface area contributed by atoms with E-state index in [1.165, 1.54) is 6.07 Å². The fourth-order valence-electron chi connectivity index (χ4n) is 1.30. The number of hydrogen-bond acceptors (Lipinski definition) is 3. The Morgan fingerprint density at radius 3 is 2.82 bits per heavy atom. The van der Waals surface area contributed by atoms with Crippen LogP contribution in [0, 0.1) is 0 Å². The van der Waals surface area contributed by atoms with Crippen molar-refractivity contribution in [1.82, 2.24) is 10.3 Å². The maximum Gasteiger partial charge on any atom is 0.267 e. The number of unbranched alkanes of at least 4 members (excludes halogenated alkanes) is 1. The number of aromatic amines is 1. The first-order chi connectivity index (χ1) is 8.09. The van der Waals surface area contributed by atoms with E-state index in [9.17, 15) is 9.59 Å². The third-order valence-electron chi connectivity index (χ3n) is 2.15. The number of carbonyl (C=O) groups is 1. The van der Waals surface area contributed by atoms with Gasteiger partial charge in [-0.1, -0.05) is 18.3 Å². The minimum absolute atomic E-state index is 0.270. The molecule has 6 heteroatoms. The van der Waals surface area contributed by atoms with Crippen LogP contribution in [0.25, 0.3) is 0 Å². The average molecular weight is 253 g/mol. The Morgan fingerprint density at radius 1 is 1.41 bits per heavy atom. The summed E-state index contributed by atoms with van der Waals surface area (Å²) in [5.74, 6) is -0.280. The number of pyridine rings is 1. The predicted octanol–water partition coefficient (Wildman–Crippen LogP) is 0.561. The number of H-pyrrole nitrogens is 1. The lowest BCUT2D eigenvalue weighted by Crippen LogP contribution is -2.27. The second kappa shape index (κ2) is 6.80. The third-order valence-corrected chi connectivity index (χ3v) is 2.35. The molecular weight excluding hydrogens is 238 g/mol. The molecule has 0 atom stereocenters. The molecule has 0 radical (unpaired) electrons. The number of rotatable bonds is 6. The molecule has 5 nitrogen and oxygen atoms in total. The zero-order valence-electron chi connectivity index (χ0n) is 9.36. The Balaban J connectivity index is 2.30. The minimum atomic E-state index is -0.286. The monoisotopic (exact) mass is 253 g/mol. The molecule has 0 aliphatic heterocycles. The van der Waals surface area contributed by atoms with Crippen LogP contribution in [0.3, 0.4) is 0 Å². The molecule has 1 amide bonds. The summed E-state index contributed by atoms with van der Waals surface area (Å²) in [6, 6.07) is 4.46. The molecule has 0 saturated carbocycles. The SMILES string of the molecule is NC(=S)CCCCNC(=O)c1cccc(=O)[nH]1. The molecule has 0 saturated heterocycles. The van der Waals surface area contributed by atoms with E-state index in [1.807, 2.05) is 0 Å². The van der Waals surface area contributed by atoms with E-state index in [0.29, 0.717) is 18.0 Å². The zero-order valence-corrected chi connectivity index (χ0v) is 10.2. The number of carbonyl (C=O) groups excluding carboxylic acids is 1. The van der Waals surface area contributed by atoms with Crippen molar-refractivity contribution in [2.24, 2.45) is 5.73 Å². The van der Waals surface area contributed by atoms with Crippen molar-refractivity contribution in [3.63, 3.8) is 0 Å². The largest absolute Gasteiger partial charge is 0.393 e. The Hall–Kier alpha value is -1.69. The summed E-state index contributed by atoms with van der Waals surface area (Å²) in [5.41, 5.74) is 5.33. The molecule has 0 aromatic carbocycles. The molecule has 0 aliphatic rings. The van der Waals surface area contributed by atoms with Gasteiger partial charge >= 0.3 is 0 Å². The van der Waals surface area contributed by atoms with Crippen LogP contribution in [0.2, 0.25) is 0 Å². The molecule has 4 N–H and O–H groups in total. The van der Waals surface area contributed by atoms with Crippen LogP contribution in [0.4, 0.5) is 0 Å². The molecular formula is C11H15N3O2S. The van der Waals surface area contributed by atoms with Gasteiger partial charge in [-0.25, -0.2) is 0 Å². The molecule has 1 rings (SSSR count). The molecule has 92 valence electrons. The first-order valence-corrected chi connectivity index (χ1v) is 5.76. The van der Waals surface area contributed by atoms with E-state index in [0.717, 1.165) is 12.8 Å². The first-order valence-electron chi connectivity index (χ1n) is 5.35. The van der Waals surface area contributed by atoms with Crippen LogP contribution in [-0.4, -0.2) is 22.4 Å². The summed E-state index contributed by atoms with van der Waals surface area (Å²) in [6.45, 7) is 0.540. The third kappa shape index (κ3) is 5.26. The van der Waals surface area contributed by atoms with Crippen LogP contribution < -0.4 is 16.6 Å². The summed E-state index contributed by atoms with van der Waals surface area (Å²) in [7, 11) is 0. The van der Waals surface area contributed by atoms with Crippen molar-refractivity contribution >= 4 is 23.1 Å². The van der Waals surface area contributed by atoms with E-state index in [4.69, 9.17) is 18.0 Å². The topological polar surface area (TPSA) is 88.0 Å². The highest BCUT2D eigenvalue weighted by molar-refractivity contribution is 7.80. The number of amides is 1. The van der Waals surface area contributed by atoms with E-state index in [1.54, 1.807) is 12.1 Å². The van der Waals surface area contributed by atoms with Crippen LogP contribution in [-0.2, 0) is 0 Å². The normalized spacial score (nSPS) is 9.88. The highest BCUT2D eigenvalue weighted by Gasteiger charge is 2.04. The molecule has 0 aliphatic carbocycles. The molecule has 1 heterocycles. The van der Waals surface area contributed by atoms with Crippen molar-refractivity contribution in [1.29, 1.82) is 0 Å². The van der Waals surface area contributed by atoms with Gasteiger partial charge in [-0.15, -0.1) is 0 Å². The van der Waals surface area contributed by atoms with E-state index in [-0.39, 0.29) is 17.2 Å². The molecule has 0 fully saturated rings. The lowest BCUT2D eigenvalue weighted by molar-refractivity contribution is 0.0948. The fourth-order valence-corrected chi connectivity index (χ4v) is 1.45. The van der Waals surface area contributed by atoms with Crippen molar-refractivity contribution in [3.8, 4) is 0 Å². The Morgan fingerprint density at radius 2 is 2.18 bits per heavy atom. The molecule has 0 unspecified atom stereocenters. The van der Waals surface area contributed by atoms with Crippen LogP contribution in [0.1, 0.15) is 29.8 Å². The van der Waals surface area contributed by atoms with Gasteiger partial charge in [0, 0.05) is 12.6 Å². The molecule has 1 aromatic heterocycles. The summed E-state index contributed by atoms with van der Waals surface area (Å²) in [4.78, 5) is 25.5. The predicted molar refractivity (Wildman–Crippen MR) is 70.0 cm³/mol. The number of thiocarbonyl (C=S) groups is 1. The standard InChI is InChI=1S/C11H15N3O2S/c12-9(17)5-1-2-7-13-11(16)8-4-3-6-10(15)14-8/h3-4,6H,1-2,5,7H2,(H2,12,17)(H,13,16)(H,14,15). The highest BCUT2D eigenvalue weighted by atomic mass is 32.1. The van der Waals surface area contributed by atoms with Gasteiger partial charge in [0.25, 0.3) is 5.91 Å². The van der Waals surface area contributed by atoms with Gasteiger partial charge < -0.3 is 16.0 Å². The van der Waals surface area contributed by atoms with Gasteiger partial charge in [-0.05, 0) is 25.3 Å². The lowest BCUT2D eigenvalue weighted by atomic mass is 10.2. The quantitative estimate of drug-likeness (QED) is 0.510. The average Bonchev–Trinajstić information content (AvgIpc) is 2.28. The summed E-state index contributed by atoms with van der Waals surface area (Å²) < 4.78 is 0. The van der Waals surface area contributed by atoms with Crippen molar-refractivity contribution in [2.45, 2.75) is 19.3 Å². The van der Waals surface area contributed by atoms with E-state index >= 15 is 0 Å². The van der Waals surface area contributed by atoms with Gasteiger partial charge in [0.2, 0.25) is 5.56 Å². The molecule has 0 spiro atoms. The Labute approximate surface area is 104 Å². The van der Waals surface area contributed by atoms with Gasteiger partial charge in [-0.3, -0.25) is 9.59 Å². The van der Waals surface area contributed by atoms with Crippen molar-refractivity contribution < 1.29 is 4.79 Å². The Bertz CT molecular complexity index is 456. The molecule has 0 bridgehead atoms. The van der Waals surface area contributed by atoms with Gasteiger partial charge in [0.1, 0.15) is 5.69 Å². The van der Waals surface area contributed by atoms with E-state index in [2.05, 4.69) is 10.3 Å². The lowest BCUT2D eigenvalue weighted by Gasteiger charge is -2.04. The fraction of sp³-hybridized carbons (Fsp3) is 0.364. The van der Waals surface area contributed by atoms with Gasteiger partial charge in [-0.2, -0.15) is 0 Å². The highest BCUT2D eigenvalue weighted by Crippen LogP contribution is 1.95. The van der Waals surface area contributed by atoms with Gasteiger partial charge in [0.15, 0.2) is 0 Å². The maximum absolute atomic E-state index is 11.6. The number of nitrogens with two attached hydrogens (primary N) is 1. The van der Waals surface area contributed by atoms with Crippen LogP contribution >= 0.6 is 12.2 Å². The second-order valence-electron chi connectivity index (χ2n) is 3.61. The second-order valence-corrected chi connectivity index (χ2v) is 4.13. The Kier molecular flexibility index (Phi) is 5.35. The van der Waals surface area contributed by atoms with Gasteiger partial charge in [0.05, 0.1) is 4.99 Å². The molecule has 1 aromatic rings. The van der Waals surface area contributed by atoms with Crippen LogP contribution in [0.5, 0.6) is 0 Å². The minimum Gasteiger partial charge on any atom is -0.393 e. The van der Waals surface area contributed by atoms with Crippen molar-refractivity contribution in [3.05, 3.63) is 34.2 Å². The number of aromatic nitrogens is 1.